The van der Waals surface area contributed by atoms with Gasteiger partial charge in [-0.1, -0.05) is 0 Å². The molecule has 2 N–H and O–H groups in total. The lowest BCUT2D eigenvalue weighted by Gasteiger charge is -2.44. The summed E-state index contributed by atoms with van der Waals surface area (Å²) in [6, 6.07) is 8.12. The van der Waals surface area contributed by atoms with E-state index in [0.29, 0.717) is 18.2 Å². The number of aliphatic hydroxyl groups excluding tert-OH is 1. The molecule has 1 aromatic carbocycles. The lowest BCUT2D eigenvalue weighted by atomic mass is 10.0. The SMILES string of the molecule is Cc1cc(F)cc2c(=O)[nH]c(CCC(O)N3C4CCC3CN(c3ccc(F)nc3)C4)cc12. The third kappa shape index (κ3) is 3.89. The minimum Gasteiger partial charge on any atom is -0.378 e. The molecule has 2 bridgehead atoms. The van der Waals surface area contributed by atoms with Crippen molar-refractivity contribution < 1.29 is 13.9 Å². The van der Waals surface area contributed by atoms with Crippen LogP contribution in [-0.4, -0.2) is 51.4 Å². The number of pyridine rings is 2. The van der Waals surface area contributed by atoms with Crippen LogP contribution in [0.3, 0.4) is 0 Å². The van der Waals surface area contributed by atoms with Gasteiger partial charge < -0.3 is 15.0 Å². The standard InChI is InChI=1S/C24H26F2N4O2/c1-14-8-15(25)9-21-20(14)10-16(28-24(21)32)2-7-23(31)30-18-3-4-19(30)13-29(12-18)17-5-6-22(26)27-11-17/h5-6,8-11,18-19,23,31H,2-4,7,12-13H2,1H3,(H,28,32). The average Bonchev–Trinajstić information content (AvgIpc) is 3.03. The fourth-order valence-electron chi connectivity index (χ4n) is 5.31. The molecular formula is C24H26F2N4O2. The molecule has 2 aliphatic heterocycles. The summed E-state index contributed by atoms with van der Waals surface area (Å²) >= 11 is 0. The van der Waals surface area contributed by atoms with Crippen LogP contribution in [0.25, 0.3) is 10.8 Å². The van der Waals surface area contributed by atoms with E-state index in [-0.39, 0.29) is 17.6 Å². The molecule has 0 aliphatic carbocycles. The highest BCUT2D eigenvalue weighted by atomic mass is 19.1. The first-order valence-electron chi connectivity index (χ1n) is 11.0. The molecule has 2 aromatic heterocycles. The minimum absolute atomic E-state index is 0.217. The number of H-pyrrole nitrogens is 1. The Balaban J connectivity index is 1.27. The molecule has 0 radical (unpaired) electrons. The number of nitrogens with one attached hydrogen (secondary N) is 1. The molecular weight excluding hydrogens is 414 g/mol. The normalized spacial score (nSPS) is 21.9. The van der Waals surface area contributed by atoms with Crippen LogP contribution in [0.15, 0.2) is 41.3 Å². The Morgan fingerprint density at radius 2 is 1.91 bits per heavy atom. The van der Waals surface area contributed by atoms with Gasteiger partial charge in [-0.15, -0.1) is 0 Å². The van der Waals surface area contributed by atoms with Crippen LogP contribution in [-0.2, 0) is 6.42 Å². The Hall–Kier alpha value is -2.84. The van der Waals surface area contributed by atoms with Gasteiger partial charge in [0.2, 0.25) is 5.95 Å². The van der Waals surface area contributed by atoms with Crippen molar-refractivity contribution in [2.45, 2.75) is 50.9 Å². The summed E-state index contributed by atoms with van der Waals surface area (Å²) in [4.78, 5) is 23.4. The molecule has 8 heteroatoms. The van der Waals surface area contributed by atoms with Crippen LogP contribution >= 0.6 is 0 Å². The Morgan fingerprint density at radius 1 is 1.16 bits per heavy atom. The molecule has 2 saturated heterocycles. The summed E-state index contributed by atoms with van der Waals surface area (Å²) in [6.45, 7) is 3.31. The number of hydrogen-bond acceptors (Lipinski definition) is 5. The number of aliphatic hydroxyl groups is 1. The number of anilines is 1. The summed E-state index contributed by atoms with van der Waals surface area (Å²) in [6.07, 6.45) is 3.96. The molecule has 5 rings (SSSR count). The molecule has 0 spiro atoms. The summed E-state index contributed by atoms with van der Waals surface area (Å²) < 4.78 is 26.8. The second kappa shape index (κ2) is 8.26. The molecule has 3 atom stereocenters. The Morgan fingerprint density at radius 3 is 2.59 bits per heavy atom. The number of hydrogen-bond donors (Lipinski definition) is 2. The first-order chi connectivity index (χ1) is 15.4. The van der Waals surface area contributed by atoms with Crippen molar-refractivity contribution in [3.05, 3.63) is 69.9 Å². The van der Waals surface area contributed by atoms with E-state index in [1.807, 2.05) is 6.07 Å². The lowest BCUT2D eigenvalue weighted by molar-refractivity contribution is -0.0403. The zero-order valence-corrected chi connectivity index (χ0v) is 17.9. The summed E-state index contributed by atoms with van der Waals surface area (Å²) in [5.41, 5.74) is 2.05. The molecule has 4 heterocycles. The predicted octanol–water partition coefficient (Wildman–Crippen LogP) is 3.11. The Labute approximate surface area is 184 Å². The molecule has 2 aliphatic rings. The average molecular weight is 440 g/mol. The third-order valence-electron chi connectivity index (χ3n) is 6.82. The van der Waals surface area contributed by atoms with Crippen molar-refractivity contribution in [2.75, 3.05) is 18.0 Å². The minimum atomic E-state index is -0.616. The summed E-state index contributed by atoms with van der Waals surface area (Å²) in [7, 11) is 0. The van der Waals surface area contributed by atoms with E-state index in [1.165, 1.54) is 18.2 Å². The van der Waals surface area contributed by atoms with Gasteiger partial charge in [0.25, 0.3) is 5.56 Å². The molecule has 32 heavy (non-hydrogen) atoms. The number of aryl methyl sites for hydroxylation is 2. The Bertz CT molecular complexity index is 1180. The van der Waals surface area contributed by atoms with E-state index in [9.17, 15) is 18.7 Å². The van der Waals surface area contributed by atoms with Crippen molar-refractivity contribution in [2.24, 2.45) is 0 Å². The van der Waals surface area contributed by atoms with Gasteiger partial charge in [-0.25, -0.2) is 9.37 Å². The Kier molecular flexibility index (Phi) is 5.43. The van der Waals surface area contributed by atoms with Crippen LogP contribution in [0.4, 0.5) is 14.5 Å². The molecule has 0 amide bonds. The van der Waals surface area contributed by atoms with Gasteiger partial charge in [0.05, 0.1) is 17.3 Å². The number of aromatic amines is 1. The maximum atomic E-state index is 13.7. The number of rotatable bonds is 5. The summed E-state index contributed by atoms with van der Waals surface area (Å²) in [5.74, 6) is -0.910. The maximum absolute atomic E-state index is 13.7. The number of halogens is 2. The van der Waals surface area contributed by atoms with Gasteiger partial charge in [-0.3, -0.25) is 9.69 Å². The van der Waals surface area contributed by atoms with E-state index in [0.717, 1.165) is 48.3 Å². The van der Waals surface area contributed by atoms with E-state index >= 15 is 0 Å². The number of benzene rings is 1. The number of piperazine rings is 1. The zero-order valence-electron chi connectivity index (χ0n) is 17.9. The monoisotopic (exact) mass is 440 g/mol. The topological polar surface area (TPSA) is 72.5 Å². The van der Waals surface area contributed by atoms with Crippen molar-refractivity contribution >= 4 is 16.5 Å². The van der Waals surface area contributed by atoms with Crippen LogP contribution < -0.4 is 10.5 Å². The highest BCUT2D eigenvalue weighted by molar-refractivity contribution is 5.85. The van der Waals surface area contributed by atoms with E-state index in [2.05, 4.69) is 19.8 Å². The van der Waals surface area contributed by atoms with Gasteiger partial charge in [0.15, 0.2) is 0 Å². The molecule has 0 saturated carbocycles. The van der Waals surface area contributed by atoms with Crippen molar-refractivity contribution in [1.29, 1.82) is 0 Å². The molecule has 3 unspecified atom stereocenters. The maximum Gasteiger partial charge on any atom is 0.256 e. The fourth-order valence-corrected chi connectivity index (χ4v) is 5.31. The molecule has 6 nitrogen and oxygen atoms in total. The van der Waals surface area contributed by atoms with E-state index in [1.54, 1.807) is 19.2 Å². The highest BCUT2D eigenvalue weighted by Crippen LogP contribution is 2.34. The quantitative estimate of drug-likeness (QED) is 0.597. The van der Waals surface area contributed by atoms with Gasteiger partial charge in [-0.2, -0.15) is 4.39 Å². The van der Waals surface area contributed by atoms with Crippen LogP contribution in [0, 0.1) is 18.7 Å². The van der Waals surface area contributed by atoms with Gasteiger partial charge in [-0.05, 0) is 73.9 Å². The van der Waals surface area contributed by atoms with Crippen LogP contribution in [0.1, 0.15) is 30.5 Å². The van der Waals surface area contributed by atoms with Crippen molar-refractivity contribution in [3.63, 3.8) is 0 Å². The van der Waals surface area contributed by atoms with Gasteiger partial charge >= 0.3 is 0 Å². The number of fused-ring (bicyclic) bond motifs is 3. The second-order valence-electron chi connectivity index (χ2n) is 8.90. The van der Waals surface area contributed by atoms with Crippen LogP contribution in [0.5, 0.6) is 0 Å². The van der Waals surface area contributed by atoms with Crippen LogP contribution in [0.2, 0.25) is 0 Å². The lowest BCUT2D eigenvalue weighted by Crippen LogP contribution is -2.57. The largest absolute Gasteiger partial charge is 0.378 e. The van der Waals surface area contributed by atoms with Gasteiger partial charge in [0.1, 0.15) is 12.0 Å². The molecule has 3 aromatic rings. The predicted molar refractivity (Wildman–Crippen MR) is 119 cm³/mol. The van der Waals surface area contributed by atoms with E-state index in [4.69, 9.17) is 0 Å². The summed E-state index contributed by atoms with van der Waals surface area (Å²) in [5, 5.41) is 12.1. The smallest absolute Gasteiger partial charge is 0.256 e. The fraction of sp³-hybridized carbons (Fsp3) is 0.417. The van der Waals surface area contributed by atoms with Gasteiger partial charge in [0, 0.05) is 30.9 Å². The first-order valence-corrected chi connectivity index (χ1v) is 11.0. The van der Waals surface area contributed by atoms with Crippen molar-refractivity contribution in [3.8, 4) is 0 Å². The van der Waals surface area contributed by atoms with Crippen molar-refractivity contribution in [1.82, 2.24) is 14.9 Å². The molecule has 2 fully saturated rings. The first kappa shape index (κ1) is 21.0. The molecule has 168 valence electrons. The zero-order chi connectivity index (χ0) is 22.4. The van der Waals surface area contributed by atoms with E-state index < -0.39 is 18.0 Å². The third-order valence-corrected chi connectivity index (χ3v) is 6.82. The number of aromatic nitrogens is 2. The highest BCUT2D eigenvalue weighted by Gasteiger charge is 2.42. The second-order valence-corrected chi connectivity index (χ2v) is 8.90. The number of nitrogens with zero attached hydrogens (tertiary/aromatic N) is 3.